The summed E-state index contributed by atoms with van der Waals surface area (Å²) in [5, 5.41) is 9.39. The Morgan fingerprint density at radius 3 is 2.80 bits per heavy atom. The molecule has 0 saturated carbocycles. The maximum atomic E-state index is 12.1. The van der Waals surface area contributed by atoms with E-state index in [1.807, 2.05) is 6.92 Å². The molecule has 20 heavy (non-hydrogen) atoms. The van der Waals surface area contributed by atoms with Gasteiger partial charge < -0.3 is 9.84 Å². The number of carbonyl (C=O) groups excluding carboxylic acids is 1. The molecule has 9 heteroatoms. The molecule has 0 amide bonds. The maximum absolute atomic E-state index is 12.1. The summed E-state index contributed by atoms with van der Waals surface area (Å²) in [7, 11) is -2.49. The van der Waals surface area contributed by atoms with Gasteiger partial charge in [0.25, 0.3) is 0 Å². The molecule has 0 aliphatic rings. The number of methoxy groups -OCH3 is 1. The number of thiophene rings is 1. The summed E-state index contributed by atoms with van der Waals surface area (Å²) in [5.41, 5.74) is 0. The molecule has 114 valence electrons. The third-order valence-corrected chi connectivity index (χ3v) is 6.27. The zero-order valence-corrected chi connectivity index (χ0v) is 14.3. The summed E-state index contributed by atoms with van der Waals surface area (Å²) in [4.78, 5) is 11.6. The van der Waals surface area contributed by atoms with E-state index in [1.54, 1.807) is 0 Å². The monoisotopic (exact) mass is 385 g/mol. The zero-order chi connectivity index (χ0) is 15.3. The lowest BCUT2D eigenvalue weighted by atomic mass is 10.2. The van der Waals surface area contributed by atoms with E-state index in [1.165, 1.54) is 13.2 Å². The normalized spacial score (nSPS) is 13.2. The van der Waals surface area contributed by atoms with Crippen LogP contribution in [0.4, 0.5) is 0 Å². The molecule has 0 bridgehead atoms. The first kappa shape index (κ1) is 17.6. The number of esters is 1. The lowest BCUT2D eigenvalue weighted by Crippen LogP contribution is -2.27. The van der Waals surface area contributed by atoms with E-state index < -0.39 is 22.1 Å². The summed E-state index contributed by atoms with van der Waals surface area (Å²) in [6.07, 6.45) is 0.367. The van der Waals surface area contributed by atoms with Crippen molar-refractivity contribution >= 4 is 43.3 Å². The summed E-state index contributed by atoms with van der Waals surface area (Å²) < 4.78 is 31.4. The Hall–Kier alpha value is -0.480. The molecule has 0 saturated heterocycles. The fourth-order valence-electron chi connectivity index (χ4n) is 1.38. The van der Waals surface area contributed by atoms with E-state index in [9.17, 15) is 18.3 Å². The smallest absolute Gasteiger partial charge is 0.348 e. The molecule has 1 heterocycles. The topological polar surface area (TPSA) is 92.7 Å². The van der Waals surface area contributed by atoms with Crippen LogP contribution in [0.5, 0.6) is 0 Å². The second-order valence-electron chi connectivity index (χ2n) is 3.99. The molecule has 0 spiro atoms. The lowest BCUT2D eigenvalue weighted by Gasteiger charge is -2.08. The number of rotatable bonds is 7. The summed E-state index contributed by atoms with van der Waals surface area (Å²) >= 11 is 4.12. The molecule has 0 aliphatic carbocycles. The predicted molar refractivity (Wildman–Crippen MR) is 79.5 cm³/mol. The van der Waals surface area contributed by atoms with Gasteiger partial charge in [-0.15, -0.1) is 11.3 Å². The molecule has 1 unspecified atom stereocenters. The number of carbonyl (C=O) groups is 1. The Labute approximate surface area is 130 Å². The van der Waals surface area contributed by atoms with Crippen molar-refractivity contribution in [2.75, 3.05) is 13.7 Å². The van der Waals surface area contributed by atoms with Crippen LogP contribution < -0.4 is 4.72 Å². The fraction of sp³-hybridized carbons (Fsp3) is 0.545. The standard InChI is InChI=1S/C11H16BrNO5S2/c1-3-7(14)4-5-13-20(16,17)9-6-8(11(15)18-2)19-10(9)12/h6-7,13-14H,3-5H2,1-2H3. The van der Waals surface area contributed by atoms with E-state index in [2.05, 4.69) is 25.4 Å². The van der Waals surface area contributed by atoms with E-state index in [0.717, 1.165) is 11.3 Å². The molecule has 0 fully saturated rings. The molecule has 0 radical (unpaired) electrons. The Kier molecular flexibility index (Phi) is 6.59. The number of halogens is 1. The minimum absolute atomic E-state index is 0.00566. The van der Waals surface area contributed by atoms with Crippen molar-refractivity contribution in [2.24, 2.45) is 0 Å². The van der Waals surface area contributed by atoms with Gasteiger partial charge in [0.2, 0.25) is 10.0 Å². The molecule has 1 atom stereocenters. The van der Waals surface area contributed by atoms with Crippen LogP contribution in [-0.2, 0) is 14.8 Å². The van der Waals surface area contributed by atoms with Crippen molar-refractivity contribution in [3.8, 4) is 0 Å². The average molecular weight is 386 g/mol. The molecule has 1 aromatic rings. The van der Waals surface area contributed by atoms with Gasteiger partial charge in [0.05, 0.1) is 17.0 Å². The number of aliphatic hydroxyl groups is 1. The zero-order valence-electron chi connectivity index (χ0n) is 11.1. The van der Waals surface area contributed by atoms with Crippen LogP contribution in [0, 0.1) is 0 Å². The van der Waals surface area contributed by atoms with E-state index in [4.69, 9.17) is 0 Å². The Morgan fingerprint density at radius 1 is 1.60 bits per heavy atom. The second kappa shape index (κ2) is 7.51. The van der Waals surface area contributed by atoms with Crippen LogP contribution in [-0.4, -0.2) is 39.3 Å². The Morgan fingerprint density at radius 2 is 2.25 bits per heavy atom. The largest absolute Gasteiger partial charge is 0.465 e. The van der Waals surface area contributed by atoms with Crippen molar-refractivity contribution in [3.05, 3.63) is 14.7 Å². The molecule has 6 nitrogen and oxygen atoms in total. The average Bonchev–Trinajstić information content (AvgIpc) is 2.80. The highest BCUT2D eigenvalue weighted by Gasteiger charge is 2.23. The molecule has 1 aromatic heterocycles. The molecule has 2 N–H and O–H groups in total. The highest BCUT2D eigenvalue weighted by molar-refractivity contribution is 9.11. The van der Waals surface area contributed by atoms with Gasteiger partial charge in [0.15, 0.2) is 0 Å². The predicted octanol–water partition coefficient (Wildman–Crippen LogP) is 1.74. The van der Waals surface area contributed by atoms with Gasteiger partial charge in [-0.3, -0.25) is 0 Å². The van der Waals surface area contributed by atoms with Crippen molar-refractivity contribution < 1.29 is 23.1 Å². The number of ether oxygens (including phenoxy) is 1. The number of sulfonamides is 1. The first-order chi connectivity index (χ1) is 9.31. The van der Waals surface area contributed by atoms with Crippen LogP contribution in [0.15, 0.2) is 14.7 Å². The third kappa shape index (κ3) is 4.52. The van der Waals surface area contributed by atoms with Crippen LogP contribution in [0.25, 0.3) is 0 Å². The Bertz CT molecular complexity index is 569. The Balaban J connectivity index is 2.82. The lowest BCUT2D eigenvalue weighted by molar-refractivity contribution is 0.0606. The highest BCUT2D eigenvalue weighted by Crippen LogP contribution is 2.31. The fourth-order valence-corrected chi connectivity index (χ4v) is 4.91. The van der Waals surface area contributed by atoms with Gasteiger partial charge >= 0.3 is 5.97 Å². The van der Waals surface area contributed by atoms with Crippen molar-refractivity contribution in [2.45, 2.75) is 30.8 Å². The quantitative estimate of drug-likeness (QED) is 0.697. The minimum Gasteiger partial charge on any atom is -0.465 e. The molecular weight excluding hydrogens is 370 g/mol. The molecule has 1 rings (SSSR count). The van der Waals surface area contributed by atoms with E-state index in [0.29, 0.717) is 16.6 Å². The third-order valence-electron chi connectivity index (χ3n) is 2.57. The molecular formula is C11H16BrNO5S2. The van der Waals surface area contributed by atoms with Gasteiger partial charge in [0.1, 0.15) is 9.77 Å². The summed E-state index contributed by atoms with van der Waals surface area (Å²) in [5.74, 6) is -0.585. The number of hydrogen-bond donors (Lipinski definition) is 2. The van der Waals surface area contributed by atoms with Crippen LogP contribution in [0.3, 0.4) is 0 Å². The summed E-state index contributed by atoms with van der Waals surface area (Å²) in [6, 6.07) is 1.26. The highest BCUT2D eigenvalue weighted by atomic mass is 79.9. The first-order valence-electron chi connectivity index (χ1n) is 5.87. The number of hydrogen-bond acceptors (Lipinski definition) is 6. The van der Waals surface area contributed by atoms with Gasteiger partial charge in [-0.05, 0) is 34.8 Å². The minimum atomic E-state index is -3.72. The van der Waals surface area contributed by atoms with E-state index in [-0.39, 0.29) is 16.3 Å². The number of aliphatic hydroxyl groups excluding tert-OH is 1. The van der Waals surface area contributed by atoms with Gasteiger partial charge in [0, 0.05) is 6.54 Å². The van der Waals surface area contributed by atoms with Crippen molar-refractivity contribution in [1.82, 2.24) is 4.72 Å². The van der Waals surface area contributed by atoms with Crippen LogP contribution in [0.1, 0.15) is 29.4 Å². The van der Waals surface area contributed by atoms with Crippen molar-refractivity contribution in [1.29, 1.82) is 0 Å². The van der Waals surface area contributed by atoms with Gasteiger partial charge in [-0.25, -0.2) is 17.9 Å². The first-order valence-corrected chi connectivity index (χ1v) is 8.96. The van der Waals surface area contributed by atoms with E-state index >= 15 is 0 Å². The van der Waals surface area contributed by atoms with Crippen molar-refractivity contribution in [3.63, 3.8) is 0 Å². The van der Waals surface area contributed by atoms with Gasteiger partial charge in [-0.2, -0.15) is 0 Å². The maximum Gasteiger partial charge on any atom is 0.348 e. The molecule has 0 aromatic carbocycles. The number of nitrogens with one attached hydrogen (secondary N) is 1. The van der Waals surface area contributed by atoms with Gasteiger partial charge in [-0.1, -0.05) is 6.92 Å². The van der Waals surface area contributed by atoms with Crippen LogP contribution in [0.2, 0.25) is 0 Å². The summed E-state index contributed by atoms with van der Waals surface area (Å²) in [6.45, 7) is 1.95. The second-order valence-corrected chi connectivity index (χ2v) is 8.09. The molecule has 0 aliphatic heterocycles. The van der Waals surface area contributed by atoms with Crippen LogP contribution >= 0.6 is 27.3 Å². The SMILES string of the molecule is CCC(O)CCNS(=O)(=O)c1cc(C(=O)OC)sc1Br.